The summed E-state index contributed by atoms with van der Waals surface area (Å²) in [6, 6.07) is 7.70. The molecule has 3 rings (SSSR count). The molecule has 1 fully saturated rings. The van der Waals surface area contributed by atoms with Crippen LogP contribution in [0.1, 0.15) is 28.8 Å². The first kappa shape index (κ1) is 19.3. The molecule has 0 saturated carbocycles. The number of amides is 2. The molecular formula is C20H22N2O6. The highest BCUT2D eigenvalue weighted by molar-refractivity contribution is 5.98. The first-order chi connectivity index (χ1) is 13.4. The SMILES string of the molecule is O=C(NCCc1ccc(O)c(O)c1)[C@@H]1CCCN1C(=O)c1ccc(O)c(O)c1. The van der Waals surface area contributed by atoms with Crippen LogP contribution in [0.25, 0.3) is 0 Å². The summed E-state index contributed by atoms with van der Waals surface area (Å²) in [6.07, 6.45) is 1.70. The van der Waals surface area contributed by atoms with Crippen molar-refractivity contribution in [3.8, 4) is 23.0 Å². The number of phenols is 4. The van der Waals surface area contributed by atoms with Gasteiger partial charge in [-0.15, -0.1) is 0 Å². The molecule has 148 valence electrons. The highest BCUT2D eigenvalue weighted by Crippen LogP contribution is 2.28. The van der Waals surface area contributed by atoms with Gasteiger partial charge in [-0.3, -0.25) is 9.59 Å². The number of aromatic hydroxyl groups is 4. The average Bonchev–Trinajstić information content (AvgIpc) is 3.16. The molecule has 0 unspecified atom stereocenters. The Kier molecular flexibility index (Phi) is 5.58. The number of carbonyl (C=O) groups excluding carboxylic acids is 2. The van der Waals surface area contributed by atoms with Gasteiger partial charge < -0.3 is 30.6 Å². The molecule has 8 heteroatoms. The largest absolute Gasteiger partial charge is 0.504 e. The molecule has 2 aromatic carbocycles. The summed E-state index contributed by atoms with van der Waals surface area (Å²) in [4.78, 5) is 26.7. The molecular weight excluding hydrogens is 364 g/mol. The van der Waals surface area contributed by atoms with E-state index >= 15 is 0 Å². The normalized spacial score (nSPS) is 16.1. The van der Waals surface area contributed by atoms with Crippen LogP contribution in [-0.4, -0.2) is 56.3 Å². The molecule has 1 atom stereocenters. The summed E-state index contributed by atoms with van der Waals surface area (Å²) in [7, 11) is 0. The summed E-state index contributed by atoms with van der Waals surface area (Å²) >= 11 is 0. The van der Waals surface area contributed by atoms with E-state index in [4.69, 9.17) is 0 Å². The molecule has 1 aliphatic rings. The van der Waals surface area contributed by atoms with E-state index < -0.39 is 6.04 Å². The molecule has 1 saturated heterocycles. The molecule has 1 heterocycles. The molecule has 0 aliphatic carbocycles. The van der Waals surface area contributed by atoms with Crippen molar-refractivity contribution in [2.45, 2.75) is 25.3 Å². The van der Waals surface area contributed by atoms with Crippen LogP contribution in [0.3, 0.4) is 0 Å². The predicted octanol–water partition coefficient (Wildman–Crippen LogP) is 1.47. The van der Waals surface area contributed by atoms with Crippen LogP contribution < -0.4 is 5.32 Å². The Morgan fingerprint density at radius 1 is 0.964 bits per heavy atom. The van der Waals surface area contributed by atoms with E-state index in [-0.39, 0.29) is 40.4 Å². The zero-order valence-electron chi connectivity index (χ0n) is 15.1. The van der Waals surface area contributed by atoms with Gasteiger partial charge in [0, 0.05) is 18.7 Å². The maximum Gasteiger partial charge on any atom is 0.254 e. The lowest BCUT2D eigenvalue weighted by atomic mass is 10.1. The van der Waals surface area contributed by atoms with Crippen LogP contribution in [0.5, 0.6) is 23.0 Å². The number of benzene rings is 2. The van der Waals surface area contributed by atoms with Crippen molar-refractivity contribution in [3.63, 3.8) is 0 Å². The minimum atomic E-state index is -0.600. The lowest BCUT2D eigenvalue weighted by molar-refractivity contribution is -0.124. The Labute approximate surface area is 161 Å². The Morgan fingerprint density at radius 3 is 2.32 bits per heavy atom. The number of likely N-dealkylation sites (tertiary alicyclic amines) is 1. The van der Waals surface area contributed by atoms with Crippen molar-refractivity contribution in [3.05, 3.63) is 47.5 Å². The van der Waals surface area contributed by atoms with E-state index in [0.29, 0.717) is 32.4 Å². The summed E-state index contributed by atoms with van der Waals surface area (Å²) in [5.41, 5.74) is 0.962. The highest BCUT2D eigenvalue weighted by atomic mass is 16.3. The Balaban J connectivity index is 1.60. The van der Waals surface area contributed by atoms with E-state index in [1.807, 2.05) is 0 Å². The number of rotatable bonds is 5. The molecule has 2 aromatic rings. The van der Waals surface area contributed by atoms with Gasteiger partial charge in [0.2, 0.25) is 5.91 Å². The van der Waals surface area contributed by atoms with Crippen molar-refractivity contribution in [2.75, 3.05) is 13.1 Å². The van der Waals surface area contributed by atoms with Crippen molar-refractivity contribution in [1.29, 1.82) is 0 Å². The minimum Gasteiger partial charge on any atom is -0.504 e. The molecule has 0 spiro atoms. The average molecular weight is 386 g/mol. The highest BCUT2D eigenvalue weighted by Gasteiger charge is 2.34. The second kappa shape index (κ2) is 8.08. The summed E-state index contributed by atoms with van der Waals surface area (Å²) < 4.78 is 0. The monoisotopic (exact) mass is 386 g/mol. The van der Waals surface area contributed by atoms with Gasteiger partial charge in [0.15, 0.2) is 23.0 Å². The standard InChI is InChI=1S/C20H22N2O6/c23-15-5-3-12(10-17(15)25)7-8-21-19(27)14-2-1-9-22(14)20(28)13-4-6-16(24)18(26)11-13/h3-6,10-11,14,23-26H,1-2,7-9H2,(H,21,27)/t14-/m0/s1. The molecule has 28 heavy (non-hydrogen) atoms. The third-order valence-electron chi connectivity index (χ3n) is 4.79. The zero-order chi connectivity index (χ0) is 20.3. The van der Waals surface area contributed by atoms with Gasteiger partial charge in [0.05, 0.1) is 0 Å². The van der Waals surface area contributed by atoms with Gasteiger partial charge in [0.1, 0.15) is 6.04 Å². The number of hydrogen-bond donors (Lipinski definition) is 5. The summed E-state index contributed by atoms with van der Waals surface area (Å²) in [5, 5.41) is 40.6. The molecule has 5 N–H and O–H groups in total. The van der Waals surface area contributed by atoms with Gasteiger partial charge in [0.25, 0.3) is 5.91 Å². The topological polar surface area (TPSA) is 130 Å². The molecule has 0 radical (unpaired) electrons. The Hall–Kier alpha value is -3.42. The van der Waals surface area contributed by atoms with Crippen LogP contribution in [0.4, 0.5) is 0 Å². The second-order valence-electron chi connectivity index (χ2n) is 6.72. The van der Waals surface area contributed by atoms with E-state index in [1.54, 1.807) is 6.07 Å². The van der Waals surface area contributed by atoms with Crippen LogP contribution in [0.15, 0.2) is 36.4 Å². The van der Waals surface area contributed by atoms with Gasteiger partial charge in [-0.05, 0) is 55.2 Å². The molecule has 1 aliphatic heterocycles. The van der Waals surface area contributed by atoms with Crippen LogP contribution >= 0.6 is 0 Å². The first-order valence-electron chi connectivity index (χ1n) is 8.98. The number of nitrogens with one attached hydrogen (secondary N) is 1. The van der Waals surface area contributed by atoms with Crippen LogP contribution in [0.2, 0.25) is 0 Å². The smallest absolute Gasteiger partial charge is 0.254 e. The fourth-order valence-electron chi connectivity index (χ4n) is 3.28. The third-order valence-corrected chi connectivity index (χ3v) is 4.79. The van der Waals surface area contributed by atoms with Crippen molar-refractivity contribution in [1.82, 2.24) is 10.2 Å². The van der Waals surface area contributed by atoms with Gasteiger partial charge in [-0.2, -0.15) is 0 Å². The van der Waals surface area contributed by atoms with Gasteiger partial charge in [-0.25, -0.2) is 0 Å². The number of nitrogens with zero attached hydrogens (tertiary/aromatic N) is 1. The Morgan fingerprint density at radius 2 is 1.64 bits per heavy atom. The lowest BCUT2D eigenvalue weighted by Gasteiger charge is -2.24. The third kappa shape index (κ3) is 4.11. The number of phenolic OH excluding ortho intramolecular Hbond substituents is 4. The fourth-order valence-corrected chi connectivity index (χ4v) is 3.28. The summed E-state index contributed by atoms with van der Waals surface area (Å²) in [6.45, 7) is 0.756. The first-order valence-corrected chi connectivity index (χ1v) is 8.98. The summed E-state index contributed by atoms with van der Waals surface area (Å²) in [5.74, 6) is -1.76. The maximum absolute atomic E-state index is 12.7. The van der Waals surface area contributed by atoms with Gasteiger partial charge in [-0.1, -0.05) is 6.07 Å². The van der Waals surface area contributed by atoms with Crippen molar-refractivity contribution >= 4 is 11.8 Å². The fraction of sp³-hybridized carbons (Fsp3) is 0.300. The van der Waals surface area contributed by atoms with Crippen LogP contribution in [-0.2, 0) is 11.2 Å². The minimum absolute atomic E-state index is 0.201. The zero-order valence-corrected chi connectivity index (χ0v) is 15.1. The molecule has 2 amide bonds. The second-order valence-corrected chi connectivity index (χ2v) is 6.72. The van der Waals surface area contributed by atoms with E-state index in [0.717, 1.165) is 5.56 Å². The molecule has 0 aromatic heterocycles. The van der Waals surface area contributed by atoms with Crippen molar-refractivity contribution in [2.24, 2.45) is 0 Å². The maximum atomic E-state index is 12.7. The Bertz CT molecular complexity index is 898. The molecule has 8 nitrogen and oxygen atoms in total. The van der Waals surface area contributed by atoms with E-state index in [2.05, 4.69) is 5.32 Å². The molecule has 0 bridgehead atoms. The predicted molar refractivity (Wildman–Crippen MR) is 100 cm³/mol. The number of hydrogen-bond acceptors (Lipinski definition) is 6. The quantitative estimate of drug-likeness (QED) is 0.495. The van der Waals surface area contributed by atoms with E-state index in [9.17, 15) is 30.0 Å². The van der Waals surface area contributed by atoms with Crippen molar-refractivity contribution < 1.29 is 30.0 Å². The van der Waals surface area contributed by atoms with Crippen LogP contribution in [0, 0.1) is 0 Å². The number of carbonyl (C=O) groups is 2. The van der Waals surface area contributed by atoms with E-state index in [1.165, 1.54) is 35.2 Å². The lowest BCUT2D eigenvalue weighted by Crippen LogP contribution is -2.46. The van der Waals surface area contributed by atoms with Gasteiger partial charge >= 0.3 is 0 Å².